The number of carbonyl (C=O) groups excluding carboxylic acids is 1. The Morgan fingerprint density at radius 3 is 2.55 bits per heavy atom. The van der Waals surface area contributed by atoms with Gasteiger partial charge in [0.2, 0.25) is 5.91 Å². The van der Waals surface area contributed by atoms with Crippen molar-refractivity contribution >= 4 is 16.9 Å². The van der Waals surface area contributed by atoms with Crippen LogP contribution in [0.1, 0.15) is 22.8 Å². The van der Waals surface area contributed by atoms with E-state index in [2.05, 4.69) is 0 Å². The first-order chi connectivity index (χ1) is 15.0. The topological polar surface area (TPSA) is 78.2 Å². The fraction of sp³-hybridized carbons (Fsp3) is 0.333. The minimum absolute atomic E-state index is 0.0278. The Kier molecular flexibility index (Phi) is 5.95. The lowest BCUT2D eigenvalue weighted by Crippen LogP contribution is -2.43. The van der Waals surface area contributed by atoms with E-state index in [0.29, 0.717) is 53.3 Å². The Hall–Kier alpha value is -3.32. The maximum atomic E-state index is 13.1. The number of hydrogen-bond donors (Lipinski definition) is 0. The zero-order valence-corrected chi connectivity index (χ0v) is 17.8. The van der Waals surface area contributed by atoms with Crippen LogP contribution >= 0.6 is 0 Å². The smallest absolute Gasteiger partial charge is 0.340 e. The molecule has 3 aromatic rings. The highest BCUT2D eigenvalue weighted by molar-refractivity contribution is 5.87. The highest BCUT2D eigenvalue weighted by Gasteiger charge is 2.27. The lowest BCUT2D eigenvalue weighted by Gasteiger charge is -2.33. The van der Waals surface area contributed by atoms with Gasteiger partial charge in [-0.3, -0.25) is 4.79 Å². The number of morpholine rings is 1. The SMILES string of the molecule is COc1cc2oc(=O)c(CC(=O)N3CCO[C@@H](c4ccccc4)C3)c(C)c2cc1OC. The van der Waals surface area contributed by atoms with Crippen LogP contribution < -0.4 is 15.1 Å². The summed E-state index contributed by atoms with van der Waals surface area (Å²) < 4.78 is 22.0. The van der Waals surface area contributed by atoms with Crippen molar-refractivity contribution in [2.45, 2.75) is 19.4 Å². The molecule has 0 radical (unpaired) electrons. The van der Waals surface area contributed by atoms with E-state index in [9.17, 15) is 9.59 Å². The average molecular weight is 423 g/mol. The molecule has 31 heavy (non-hydrogen) atoms. The number of fused-ring (bicyclic) bond motifs is 1. The van der Waals surface area contributed by atoms with Crippen molar-refractivity contribution in [2.75, 3.05) is 33.9 Å². The summed E-state index contributed by atoms with van der Waals surface area (Å²) in [5, 5.41) is 0.712. The van der Waals surface area contributed by atoms with Crippen molar-refractivity contribution in [3.05, 3.63) is 69.6 Å². The van der Waals surface area contributed by atoms with Gasteiger partial charge in [-0.1, -0.05) is 30.3 Å². The van der Waals surface area contributed by atoms with E-state index in [1.807, 2.05) is 37.3 Å². The quantitative estimate of drug-likeness (QED) is 0.586. The molecule has 7 nitrogen and oxygen atoms in total. The van der Waals surface area contributed by atoms with Gasteiger partial charge in [-0.2, -0.15) is 0 Å². The molecule has 162 valence electrons. The second-order valence-corrected chi connectivity index (χ2v) is 7.48. The van der Waals surface area contributed by atoms with Gasteiger partial charge in [0, 0.05) is 18.0 Å². The van der Waals surface area contributed by atoms with Gasteiger partial charge in [-0.05, 0) is 24.1 Å². The summed E-state index contributed by atoms with van der Waals surface area (Å²) in [7, 11) is 3.07. The van der Waals surface area contributed by atoms with E-state index in [-0.39, 0.29) is 18.4 Å². The van der Waals surface area contributed by atoms with Crippen LogP contribution in [0.25, 0.3) is 11.0 Å². The van der Waals surface area contributed by atoms with Crippen LogP contribution in [0, 0.1) is 6.92 Å². The Balaban J connectivity index is 1.60. The number of rotatable bonds is 5. The number of ether oxygens (including phenoxy) is 3. The highest BCUT2D eigenvalue weighted by Crippen LogP contribution is 2.33. The van der Waals surface area contributed by atoms with Crippen LogP contribution in [0.15, 0.2) is 51.7 Å². The van der Waals surface area contributed by atoms with Crippen LogP contribution in [0.5, 0.6) is 11.5 Å². The molecule has 4 rings (SSSR count). The predicted molar refractivity (Wildman–Crippen MR) is 116 cm³/mol. The zero-order chi connectivity index (χ0) is 22.0. The fourth-order valence-corrected chi connectivity index (χ4v) is 3.93. The summed E-state index contributed by atoms with van der Waals surface area (Å²) >= 11 is 0. The third-order valence-electron chi connectivity index (χ3n) is 5.71. The standard InChI is InChI=1S/C24H25NO6/c1-15-17-11-20(28-2)21(29-3)13-19(17)31-24(27)18(15)12-23(26)25-9-10-30-22(14-25)16-7-5-4-6-8-16/h4-8,11,13,22H,9-10,12,14H2,1-3H3/t22-/m1/s1. The molecule has 0 N–H and O–H groups in total. The minimum atomic E-state index is -0.515. The van der Waals surface area contributed by atoms with Crippen molar-refractivity contribution in [3.8, 4) is 11.5 Å². The normalized spacial score (nSPS) is 16.4. The summed E-state index contributed by atoms with van der Waals surface area (Å²) in [5.41, 5.74) is 1.97. The molecular weight excluding hydrogens is 398 g/mol. The third-order valence-corrected chi connectivity index (χ3v) is 5.71. The maximum absolute atomic E-state index is 13.1. The van der Waals surface area contributed by atoms with Crippen molar-refractivity contribution in [3.63, 3.8) is 0 Å². The van der Waals surface area contributed by atoms with Gasteiger partial charge in [0.05, 0.1) is 39.4 Å². The molecule has 1 atom stereocenters. The first-order valence-corrected chi connectivity index (χ1v) is 10.1. The predicted octanol–water partition coefficient (Wildman–Crippen LogP) is 3.26. The van der Waals surface area contributed by atoms with Crippen molar-refractivity contribution in [2.24, 2.45) is 0 Å². The average Bonchev–Trinajstić information content (AvgIpc) is 2.81. The van der Waals surface area contributed by atoms with Crippen LogP contribution in [0.2, 0.25) is 0 Å². The van der Waals surface area contributed by atoms with Gasteiger partial charge < -0.3 is 23.5 Å². The molecule has 0 bridgehead atoms. The summed E-state index contributed by atoms with van der Waals surface area (Å²) in [4.78, 5) is 27.5. The summed E-state index contributed by atoms with van der Waals surface area (Å²) in [6.07, 6.45) is -0.204. The number of nitrogens with zero attached hydrogens (tertiary/aromatic N) is 1. The van der Waals surface area contributed by atoms with E-state index < -0.39 is 5.63 Å². The third kappa shape index (κ3) is 4.14. The molecular formula is C24H25NO6. The number of benzene rings is 2. The zero-order valence-electron chi connectivity index (χ0n) is 17.8. The second kappa shape index (κ2) is 8.81. The molecule has 0 unspecified atom stereocenters. The van der Waals surface area contributed by atoms with E-state index in [1.165, 1.54) is 7.11 Å². The van der Waals surface area contributed by atoms with E-state index in [4.69, 9.17) is 18.6 Å². The molecule has 1 aliphatic heterocycles. The van der Waals surface area contributed by atoms with E-state index in [1.54, 1.807) is 24.1 Å². The van der Waals surface area contributed by atoms with Crippen LogP contribution in [0.3, 0.4) is 0 Å². The first kappa shape index (κ1) is 20.9. The van der Waals surface area contributed by atoms with Crippen molar-refractivity contribution in [1.29, 1.82) is 0 Å². The maximum Gasteiger partial charge on any atom is 0.340 e. The molecule has 0 saturated carbocycles. The Bertz CT molecular complexity index is 1150. The minimum Gasteiger partial charge on any atom is -0.493 e. The summed E-state index contributed by atoms with van der Waals surface area (Å²) in [6, 6.07) is 13.2. The Morgan fingerprint density at radius 2 is 1.84 bits per heavy atom. The monoisotopic (exact) mass is 423 g/mol. The molecule has 1 fully saturated rings. The molecule has 7 heteroatoms. The van der Waals surface area contributed by atoms with Gasteiger partial charge in [-0.15, -0.1) is 0 Å². The molecule has 2 aromatic carbocycles. The summed E-state index contributed by atoms with van der Waals surface area (Å²) in [6.45, 7) is 3.21. The fourth-order valence-electron chi connectivity index (χ4n) is 3.93. The lowest BCUT2D eigenvalue weighted by molar-refractivity contribution is -0.138. The molecule has 2 heterocycles. The second-order valence-electron chi connectivity index (χ2n) is 7.48. The molecule has 1 amide bonds. The number of aryl methyl sites for hydroxylation is 1. The van der Waals surface area contributed by atoms with E-state index >= 15 is 0 Å². The van der Waals surface area contributed by atoms with Crippen LogP contribution in [-0.2, 0) is 16.0 Å². The van der Waals surface area contributed by atoms with Crippen LogP contribution in [0.4, 0.5) is 0 Å². The summed E-state index contributed by atoms with van der Waals surface area (Å²) in [5.74, 6) is 0.879. The molecule has 1 aromatic heterocycles. The number of amides is 1. The van der Waals surface area contributed by atoms with Gasteiger partial charge in [0.25, 0.3) is 0 Å². The molecule has 0 spiro atoms. The van der Waals surface area contributed by atoms with Gasteiger partial charge in [0.15, 0.2) is 11.5 Å². The lowest BCUT2D eigenvalue weighted by atomic mass is 10.0. The Morgan fingerprint density at radius 1 is 1.13 bits per heavy atom. The van der Waals surface area contributed by atoms with Gasteiger partial charge in [-0.25, -0.2) is 4.79 Å². The van der Waals surface area contributed by atoms with E-state index in [0.717, 1.165) is 5.56 Å². The Labute approximate surface area is 180 Å². The highest BCUT2D eigenvalue weighted by atomic mass is 16.5. The largest absolute Gasteiger partial charge is 0.493 e. The number of carbonyl (C=O) groups is 1. The van der Waals surface area contributed by atoms with Crippen LogP contribution in [-0.4, -0.2) is 44.7 Å². The molecule has 1 saturated heterocycles. The van der Waals surface area contributed by atoms with Crippen molar-refractivity contribution < 1.29 is 23.4 Å². The molecule has 1 aliphatic rings. The van der Waals surface area contributed by atoms with Gasteiger partial charge in [0.1, 0.15) is 11.7 Å². The van der Waals surface area contributed by atoms with Gasteiger partial charge >= 0.3 is 5.63 Å². The first-order valence-electron chi connectivity index (χ1n) is 10.1. The molecule has 0 aliphatic carbocycles. The number of hydrogen-bond acceptors (Lipinski definition) is 6. The van der Waals surface area contributed by atoms with Crippen molar-refractivity contribution in [1.82, 2.24) is 4.90 Å². The number of methoxy groups -OCH3 is 2.